The van der Waals surface area contributed by atoms with Gasteiger partial charge in [0.05, 0.1) is 12.7 Å². The van der Waals surface area contributed by atoms with Crippen LogP contribution in [0.4, 0.5) is 8.78 Å². The first-order valence-electron chi connectivity index (χ1n) is 9.35. The highest BCUT2D eigenvalue weighted by Crippen LogP contribution is 2.34. The number of ether oxygens (including phenoxy) is 2. The number of carboxylic acids is 1. The molecule has 2 atom stereocenters. The average molecular weight is 468 g/mol. The summed E-state index contributed by atoms with van der Waals surface area (Å²) in [4.78, 5) is 36.4. The highest BCUT2D eigenvalue weighted by Gasteiger charge is 2.29. The minimum Gasteiger partial charge on any atom is -0.478 e. The number of carbonyl (C=O) groups is 3. The molecule has 1 aliphatic rings. The summed E-state index contributed by atoms with van der Waals surface area (Å²) in [5, 5.41) is 17.1. The van der Waals surface area contributed by atoms with Gasteiger partial charge in [-0.05, 0) is 24.1 Å². The topological polar surface area (TPSA) is 117 Å². The first-order valence-corrected chi connectivity index (χ1v) is 10.3. The third kappa shape index (κ3) is 6.16. The second kappa shape index (κ2) is 10.9. The van der Waals surface area contributed by atoms with E-state index in [-0.39, 0.29) is 35.0 Å². The number of nitrogens with zero attached hydrogens (tertiary/aromatic N) is 1. The van der Waals surface area contributed by atoms with Gasteiger partial charge in [0.25, 0.3) is 0 Å². The van der Waals surface area contributed by atoms with Crippen LogP contribution in [0.1, 0.15) is 24.8 Å². The van der Waals surface area contributed by atoms with E-state index in [9.17, 15) is 28.3 Å². The maximum Gasteiger partial charge on any atom is 0.335 e. The van der Waals surface area contributed by atoms with Gasteiger partial charge in [-0.1, -0.05) is 23.9 Å². The molecule has 172 valence electrons. The van der Waals surface area contributed by atoms with Gasteiger partial charge in [0.15, 0.2) is 0 Å². The zero-order chi connectivity index (χ0) is 24.0. The summed E-state index contributed by atoms with van der Waals surface area (Å²) < 4.78 is 37.3. The van der Waals surface area contributed by atoms with Crippen molar-refractivity contribution < 1.29 is 37.7 Å². The molecule has 0 fully saturated rings. The molecule has 0 radical (unpaired) electrons. The van der Waals surface area contributed by atoms with Gasteiger partial charge in [-0.3, -0.25) is 10.2 Å². The molecule has 0 bridgehead atoms. The van der Waals surface area contributed by atoms with E-state index in [0.29, 0.717) is 0 Å². The van der Waals surface area contributed by atoms with E-state index in [2.05, 4.69) is 4.74 Å². The lowest BCUT2D eigenvalue weighted by molar-refractivity contribution is -0.150. The molecule has 2 N–H and O–H groups in total. The van der Waals surface area contributed by atoms with Crippen LogP contribution in [0.25, 0.3) is 0 Å². The number of benzene rings is 1. The monoisotopic (exact) mass is 468 g/mol. The third-order valence-electron chi connectivity index (χ3n) is 4.83. The predicted molar refractivity (Wildman–Crippen MR) is 113 cm³/mol. The first kappa shape index (κ1) is 25.1. The molecule has 8 nitrogen and oxygen atoms in total. The molecule has 0 heterocycles. The largest absolute Gasteiger partial charge is 0.478 e. The quantitative estimate of drug-likeness (QED) is 0.359. The molecule has 1 aromatic rings. The highest BCUT2D eigenvalue weighted by atomic mass is 32.2. The van der Waals surface area contributed by atoms with Crippen LogP contribution in [-0.2, 0) is 23.9 Å². The molecule has 32 heavy (non-hydrogen) atoms. The molecule has 2 unspecified atom stereocenters. The van der Waals surface area contributed by atoms with Crippen molar-refractivity contribution in [2.45, 2.75) is 25.3 Å². The number of hydrogen-bond acceptors (Lipinski definition) is 7. The van der Waals surface area contributed by atoms with E-state index in [0.717, 1.165) is 28.8 Å². The van der Waals surface area contributed by atoms with Crippen molar-refractivity contribution in [3.8, 4) is 0 Å². The van der Waals surface area contributed by atoms with Crippen LogP contribution in [0.2, 0.25) is 0 Å². The van der Waals surface area contributed by atoms with Gasteiger partial charge in [0.1, 0.15) is 23.4 Å². The number of aliphatic carboxylic acids is 1. The molecular weight excluding hydrogens is 446 g/mol. The van der Waals surface area contributed by atoms with E-state index in [1.807, 2.05) is 0 Å². The molecule has 0 spiro atoms. The lowest BCUT2D eigenvalue weighted by Gasteiger charge is -2.25. The van der Waals surface area contributed by atoms with Crippen molar-refractivity contribution >= 4 is 34.8 Å². The summed E-state index contributed by atoms with van der Waals surface area (Å²) >= 11 is 0.786. The Morgan fingerprint density at radius 1 is 1.34 bits per heavy atom. The molecule has 0 saturated heterocycles. The van der Waals surface area contributed by atoms with Crippen LogP contribution in [0.15, 0.2) is 41.7 Å². The second-order valence-corrected chi connectivity index (χ2v) is 7.85. The van der Waals surface area contributed by atoms with Crippen molar-refractivity contribution in [3.63, 3.8) is 0 Å². The molecule has 0 aromatic heterocycles. The molecule has 11 heteroatoms. The molecule has 0 saturated carbocycles. The van der Waals surface area contributed by atoms with Crippen molar-refractivity contribution in [2.24, 2.45) is 0 Å². The number of likely N-dealkylation sites (N-methyl/N-ethyl adjacent to an activating group) is 1. The minimum atomic E-state index is -1.31. The summed E-state index contributed by atoms with van der Waals surface area (Å²) in [7, 11) is 2.59. The van der Waals surface area contributed by atoms with Crippen LogP contribution in [0.3, 0.4) is 0 Å². The van der Waals surface area contributed by atoms with Crippen LogP contribution in [0.5, 0.6) is 0 Å². The van der Waals surface area contributed by atoms with E-state index in [1.165, 1.54) is 39.3 Å². The predicted octanol–water partition coefficient (Wildman–Crippen LogP) is 3.05. The van der Waals surface area contributed by atoms with Gasteiger partial charge in [-0.2, -0.15) is 0 Å². The molecule has 1 aliphatic carbocycles. The number of hydrogen-bond donors (Lipinski definition) is 2. The van der Waals surface area contributed by atoms with Crippen LogP contribution in [0, 0.1) is 17.0 Å². The number of esters is 1. The number of nitrogens with one attached hydrogen (secondary N) is 1. The van der Waals surface area contributed by atoms with E-state index in [4.69, 9.17) is 10.1 Å². The Bertz CT molecular complexity index is 995. The molecule has 0 aliphatic heterocycles. The number of halogens is 2. The van der Waals surface area contributed by atoms with Crippen LogP contribution in [-0.4, -0.2) is 59.0 Å². The van der Waals surface area contributed by atoms with Crippen LogP contribution < -0.4 is 0 Å². The first-order chi connectivity index (χ1) is 15.0. The van der Waals surface area contributed by atoms with Crippen molar-refractivity contribution in [2.75, 3.05) is 19.9 Å². The highest BCUT2D eigenvalue weighted by molar-refractivity contribution is 8.13. The molecule has 1 aromatic carbocycles. The summed E-state index contributed by atoms with van der Waals surface area (Å²) in [6, 6.07) is 2.10. The minimum absolute atomic E-state index is 0.0512. The van der Waals surface area contributed by atoms with Crippen molar-refractivity contribution in [1.82, 2.24) is 4.90 Å². The number of amides is 1. The fourth-order valence-electron chi connectivity index (χ4n) is 2.97. The third-order valence-corrected chi connectivity index (χ3v) is 5.66. The Labute approximate surface area is 187 Å². The van der Waals surface area contributed by atoms with Gasteiger partial charge in [-0.15, -0.1) is 0 Å². The average Bonchev–Trinajstić information content (AvgIpc) is 2.73. The van der Waals surface area contributed by atoms with Gasteiger partial charge < -0.3 is 19.5 Å². The number of allylic oxidation sites excluding steroid dienone is 2. The molecule has 2 rings (SSSR count). The SMILES string of the molecule is COC(=O)C(CSC(=N)OC1=C(C(=O)O)CC(c2ccc(F)cc2F)C=C1)N(C)C(C)=O. The second-order valence-electron chi connectivity index (χ2n) is 6.85. The number of rotatable bonds is 7. The standard InChI is InChI=1S/C21H22F2N2O6S/c1-11(26)25(2)17(20(29)30-3)10-32-21(24)31-18-7-4-12(8-15(18)19(27)28)14-6-5-13(22)9-16(14)23/h4-7,9,12,17,24H,8,10H2,1-3H3,(H,27,28). The van der Waals surface area contributed by atoms with Gasteiger partial charge in [0, 0.05) is 31.7 Å². The number of thioether (sulfide) groups is 1. The van der Waals surface area contributed by atoms with Gasteiger partial charge >= 0.3 is 11.9 Å². The van der Waals surface area contributed by atoms with Crippen molar-refractivity contribution in [1.29, 1.82) is 5.41 Å². The Morgan fingerprint density at radius 2 is 2.03 bits per heavy atom. The summed E-state index contributed by atoms with van der Waals surface area (Å²) in [6.07, 6.45) is 2.70. The van der Waals surface area contributed by atoms with E-state index < -0.39 is 40.8 Å². The van der Waals surface area contributed by atoms with Crippen molar-refractivity contribution in [3.05, 3.63) is 58.9 Å². The number of methoxy groups -OCH3 is 1. The van der Waals surface area contributed by atoms with Gasteiger partial charge in [0.2, 0.25) is 11.1 Å². The summed E-state index contributed by atoms with van der Waals surface area (Å²) in [6.45, 7) is 1.28. The lowest BCUT2D eigenvalue weighted by atomic mass is 9.87. The Hall–Kier alpha value is -3.21. The Balaban J connectivity index is 2.12. The summed E-state index contributed by atoms with van der Waals surface area (Å²) in [5.74, 6) is -4.69. The lowest BCUT2D eigenvalue weighted by Crippen LogP contribution is -2.44. The zero-order valence-corrected chi connectivity index (χ0v) is 18.4. The zero-order valence-electron chi connectivity index (χ0n) is 17.6. The molecular formula is C21H22F2N2O6S. The number of carbonyl (C=O) groups excluding carboxylic acids is 2. The smallest absolute Gasteiger partial charge is 0.335 e. The van der Waals surface area contributed by atoms with E-state index >= 15 is 0 Å². The summed E-state index contributed by atoms with van der Waals surface area (Å²) in [5.41, 5.74) is -0.0463. The maximum atomic E-state index is 14.1. The van der Waals surface area contributed by atoms with Gasteiger partial charge in [-0.25, -0.2) is 18.4 Å². The maximum absolute atomic E-state index is 14.1. The fourth-order valence-corrected chi connectivity index (χ4v) is 3.79. The fraction of sp³-hybridized carbons (Fsp3) is 0.333. The normalized spacial score (nSPS) is 16.3. The molecule has 1 amide bonds. The Kier molecular flexibility index (Phi) is 8.53. The van der Waals surface area contributed by atoms with E-state index in [1.54, 1.807) is 0 Å². The Morgan fingerprint density at radius 3 is 2.59 bits per heavy atom. The number of carboxylic acid groups (broad SMARTS) is 1. The van der Waals surface area contributed by atoms with Crippen LogP contribution >= 0.6 is 11.8 Å².